The lowest BCUT2D eigenvalue weighted by atomic mass is 9.74. The zero-order valence-electron chi connectivity index (χ0n) is 14.9. The third-order valence-electron chi connectivity index (χ3n) is 6.24. The monoisotopic (exact) mass is 364 g/mol. The zero-order valence-corrected chi connectivity index (χ0v) is 14.9. The van der Waals surface area contributed by atoms with Crippen molar-refractivity contribution in [3.63, 3.8) is 0 Å². The molecule has 0 heterocycles. The van der Waals surface area contributed by atoms with E-state index in [2.05, 4.69) is 11.7 Å². The summed E-state index contributed by atoms with van der Waals surface area (Å²) in [4.78, 5) is 23.5. The quantitative estimate of drug-likeness (QED) is 0.685. The fraction of sp³-hybridized carbons (Fsp3) is 0.889. The van der Waals surface area contributed by atoms with Crippen LogP contribution in [-0.2, 0) is 14.3 Å². The SMILES string of the molecule is CC(CC(CC1C2CCC(C2)C1C)C(=O)O)C(=O)OC(C)C(F)(F)F. The van der Waals surface area contributed by atoms with Crippen LogP contribution in [0.1, 0.15) is 52.9 Å². The van der Waals surface area contributed by atoms with Crippen LogP contribution in [0.5, 0.6) is 0 Å². The lowest BCUT2D eigenvalue weighted by molar-refractivity contribution is -0.218. The first-order valence-corrected chi connectivity index (χ1v) is 9.00. The van der Waals surface area contributed by atoms with E-state index in [-0.39, 0.29) is 6.42 Å². The van der Waals surface area contributed by atoms with Crippen LogP contribution in [0.2, 0.25) is 0 Å². The van der Waals surface area contributed by atoms with Crippen molar-refractivity contribution in [2.45, 2.75) is 65.2 Å². The molecule has 7 unspecified atom stereocenters. The number of hydrogen-bond donors (Lipinski definition) is 1. The van der Waals surface area contributed by atoms with Crippen molar-refractivity contribution < 1.29 is 32.6 Å². The van der Waals surface area contributed by atoms with Gasteiger partial charge in [-0.25, -0.2) is 0 Å². The van der Waals surface area contributed by atoms with Crippen molar-refractivity contribution in [3.05, 3.63) is 0 Å². The molecule has 7 heteroatoms. The summed E-state index contributed by atoms with van der Waals surface area (Å²) in [5, 5.41) is 9.50. The van der Waals surface area contributed by atoms with E-state index in [0.717, 1.165) is 19.8 Å². The van der Waals surface area contributed by atoms with Crippen LogP contribution in [0.15, 0.2) is 0 Å². The molecule has 2 rings (SSSR count). The molecule has 0 saturated heterocycles. The molecule has 0 spiro atoms. The molecule has 4 nitrogen and oxygen atoms in total. The van der Waals surface area contributed by atoms with Crippen LogP contribution in [0.4, 0.5) is 13.2 Å². The fourth-order valence-electron chi connectivity index (χ4n) is 4.61. The predicted octanol–water partition coefficient (Wildman–Crippen LogP) is 4.28. The van der Waals surface area contributed by atoms with E-state index < -0.39 is 36.1 Å². The summed E-state index contributed by atoms with van der Waals surface area (Å²) in [5.74, 6) is -1.55. The molecule has 0 aromatic rings. The van der Waals surface area contributed by atoms with Crippen LogP contribution in [0.25, 0.3) is 0 Å². The molecular formula is C18H27F3O4. The lowest BCUT2D eigenvalue weighted by Gasteiger charge is -2.31. The first-order valence-electron chi connectivity index (χ1n) is 9.00. The highest BCUT2D eigenvalue weighted by Crippen LogP contribution is 2.54. The summed E-state index contributed by atoms with van der Waals surface area (Å²) in [6, 6.07) is 0. The lowest BCUT2D eigenvalue weighted by Crippen LogP contribution is -2.34. The van der Waals surface area contributed by atoms with Gasteiger partial charge in [0.05, 0.1) is 11.8 Å². The molecule has 1 N–H and O–H groups in total. The summed E-state index contributed by atoms with van der Waals surface area (Å²) in [6.45, 7) is 4.37. The molecule has 0 aromatic heterocycles. The summed E-state index contributed by atoms with van der Waals surface area (Å²) in [6.07, 6.45) is -2.80. The number of halogens is 3. The van der Waals surface area contributed by atoms with Crippen LogP contribution in [0.3, 0.4) is 0 Å². The highest BCUT2D eigenvalue weighted by molar-refractivity contribution is 5.75. The molecular weight excluding hydrogens is 337 g/mol. The van der Waals surface area contributed by atoms with Gasteiger partial charge in [0.1, 0.15) is 0 Å². The Labute approximate surface area is 146 Å². The van der Waals surface area contributed by atoms with Gasteiger partial charge in [-0.2, -0.15) is 13.2 Å². The molecule has 0 radical (unpaired) electrons. The van der Waals surface area contributed by atoms with Crippen LogP contribution in [-0.4, -0.2) is 29.3 Å². The van der Waals surface area contributed by atoms with Gasteiger partial charge in [0, 0.05) is 0 Å². The minimum Gasteiger partial charge on any atom is -0.481 e. The number of carbonyl (C=O) groups excluding carboxylic acids is 1. The Hall–Kier alpha value is -1.27. The molecule has 0 aromatic carbocycles. The second-order valence-electron chi connectivity index (χ2n) is 7.88. The standard InChI is InChI=1S/C18H27F3O4/c1-9(17(24)25-11(3)18(19,20)21)6-14(16(22)23)8-15-10(2)12-4-5-13(15)7-12/h9-15H,4-8H2,1-3H3,(H,22,23). The van der Waals surface area contributed by atoms with Gasteiger partial charge < -0.3 is 9.84 Å². The van der Waals surface area contributed by atoms with Crippen LogP contribution < -0.4 is 0 Å². The third-order valence-corrected chi connectivity index (χ3v) is 6.24. The van der Waals surface area contributed by atoms with Gasteiger partial charge in [0.2, 0.25) is 0 Å². The first kappa shape index (κ1) is 20.0. The van der Waals surface area contributed by atoms with Gasteiger partial charge >= 0.3 is 18.1 Å². The normalized spacial score (nSPS) is 32.2. The van der Waals surface area contributed by atoms with Crippen molar-refractivity contribution in [2.24, 2.45) is 35.5 Å². The molecule has 0 aliphatic heterocycles. The van der Waals surface area contributed by atoms with Crippen molar-refractivity contribution >= 4 is 11.9 Å². The van der Waals surface area contributed by atoms with E-state index in [0.29, 0.717) is 30.1 Å². The van der Waals surface area contributed by atoms with Crippen molar-refractivity contribution in [1.29, 1.82) is 0 Å². The second-order valence-corrected chi connectivity index (χ2v) is 7.88. The number of rotatable bonds is 7. The maximum atomic E-state index is 12.5. The molecule has 2 aliphatic rings. The summed E-state index contributed by atoms with van der Waals surface area (Å²) < 4.78 is 41.9. The van der Waals surface area contributed by atoms with Gasteiger partial charge in [0.15, 0.2) is 6.10 Å². The van der Waals surface area contributed by atoms with Crippen molar-refractivity contribution in [3.8, 4) is 0 Å². The van der Waals surface area contributed by atoms with E-state index in [1.165, 1.54) is 13.3 Å². The maximum absolute atomic E-state index is 12.5. The number of esters is 1. The number of alkyl halides is 3. The van der Waals surface area contributed by atoms with E-state index in [4.69, 9.17) is 0 Å². The van der Waals surface area contributed by atoms with E-state index in [1.807, 2.05) is 0 Å². The minimum absolute atomic E-state index is 0.0132. The zero-order chi connectivity index (χ0) is 18.9. The largest absolute Gasteiger partial charge is 0.481 e. The van der Waals surface area contributed by atoms with Crippen molar-refractivity contribution in [1.82, 2.24) is 0 Å². The average Bonchev–Trinajstić information content (AvgIpc) is 3.08. The maximum Gasteiger partial charge on any atom is 0.425 e. The van der Waals surface area contributed by atoms with Gasteiger partial charge in [-0.3, -0.25) is 9.59 Å². The highest BCUT2D eigenvalue weighted by Gasteiger charge is 2.46. The Morgan fingerprint density at radius 1 is 1.20 bits per heavy atom. The van der Waals surface area contributed by atoms with Gasteiger partial charge in [-0.15, -0.1) is 0 Å². The minimum atomic E-state index is -4.61. The molecule has 2 aliphatic carbocycles. The van der Waals surface area contributed by atoms with E-state index in [1.54, 1.807) is 0 Å². The Kier molecular flexibility index (Phi) is 6.05. The van der Waals surface area contributed by atoms with Gasteiger partial charge in [-0.1, -0.05) is 13.8 Å². The van der Waals surface area contributed by atoms with Crippen molar-refractivity contribution in [2.75, 3.05) is 0 Å². The topological polar surface area (TPSA) is 63.6 Å². The Bertz CT molecular complexity index is 503. The van der Waals surface area contributed by atoms with Crippen LogP contribution in [0, 0.1) is 35.5 Å². The number of ether oxygens (including phenoxy) is 1. The number of fused-ring (bicyclic) bond motifs is 2. The van der Waals surface area contributed by atoms with Gasteiger partial charge in [0.25, 0.3) is 0 Å². The Morgan fingerprint density at radius 2 is 1.80 bits per heavy atom. The summed E-state index contributed by atoms with van der Waals surface area (Å²) >= 11 is 0. The molecule has 2 saturated carbocycles. The molecule has 0 amide bonds. The molecule has 144 valence electrons. The van der Waals surface area contributed by atoms with E-state index >= 15 is 0 Å². The summed E-state index contributed by atoms with van der Waals surface area (Å²) in [5.41, 5.74) is 0. The number of carboxylic acids is 1. The number of carboxylic acid groups (broad SMARTS) is 1. The summed E-state index contributed by atoms with van der Waals surface area (Å²) in [7, 11) is 0. The van der Waals surface area contributed by atoms with Crippen LogP contribution >= 0.6 is 0 Å². The number of carbonyl (C=O) groups is 2. The Morgan fingerprint density at radius 3 is 2.28 bits per heavy atom. The second kappa shape index (κ2) is 7.54. The molecule has 2 fully saturated rings. The smallest absolute Gasteiger partial charge is 0.425 e. The first-order chi connectivity index (χ1) is 11.5. The predicted molar refractivity (Wildman–Crippen MR) is 84.6 cm³/mol. The average molecular weight is 364 g/mol. The fourth-order valence-corrected chi connectivity index (χ4v) is 4.61. The van der Waals surface area contributed by atoms with Gasteiger partial charge in [-0.05, 0) is 62.7 Å². The third kappa shape index (κ3) is 4.67. The molecule has 7 atom stereocenters. The number of aliphatic carboxylic acids is 1. The van der Waals surface area contributed by atoms with E-state index in [9.17, 15) is 27.9 Å². The highest BCUT2D eigenvalue weighted by atomic mass is 19.4. The Balaban J connectivity index is 1.92. The molecule has 2 bridgehead atoms. The molecule has 25 heavy (non-hydrogen) atoms. The number of hydrogen-bond acceptors (Lipinski definition) is 3.